The van der Waals surface area contributed by atoms with Crippen LogP contribution in [0.5, 0.6) is 11.5 Å². The number of nitrogens with zero attached hydrogens (tertiary/aromatic N) is 1. The van der Waals surface area contributed by atoms with E-state index >= 15 is 0 Å². The predicted octanol–water partition coefficient (Wildman–Crippen LogP) is 3.57. The average molecular weight is 329 g/mol. The van der Waals surface area contributed by atoms with Gasteiger partial charge in [0.15, 0.2) is 11.5 Å². The van der Waals surface area contributed by atoms with Gasteiger partial charge in [-0.2, -0.15) is 0 Å². The van der Waals surface area contributed by atoms with E-state index in [0.717, 1.165) is 44.7 Å². The Kier molecular flexibility index (Phi) is 9.28. The van der Waals surface area contributed by atoms with Gasteiger partial charge in [0.1, 0.15) is 0 Å². The fourth-order valence-electron chi connectivity index (χ4n) is 2.36. The maximum absolute atomic E-state index is 6.27. The third-order valence-electron chi connectivity index (χ3n) is 3.63. The van der Waals surface area contributed by atoms with Gasteiger partial charge in [-0.15, -0.1) is 0 Å². The van der Waals surface area contributed by atoms with E-state index in [4.69, 9.17) is 21.1 Å². The standard InChI is InChI=1S/C17H29ClN2O2/c1-5-20(6-2)10-8-9-19-13-14-11-15(18)17(22-7-3)16(12-14)21-4/h11-12,19H,5-10,13H2,1-4H3. The third-order valence-corrected chi connectivity index (χ3v) is 3.91. The summed E-state index contributed by atoms with van der Waals surface area (Å²) in [5.41, 5.74) is 1.10. The average Bonchev–Trinajstić information content (AvgIpc) is 2.53. The molecule has 0 aromatic heterocycles. The molecule has 0 fully saturated rings. The van der Waals surface area contributed by atoms with Crippen LogP contribution in [0.25, 0.3) is 0 Å². The van der Waals surface area contributed by atoms with Crippen LogP contribution in [-0.2, 0) is 6.54 Å². The van der Waals surface area contributed by atoms with Gasteiger partial charge < -0.3 is 19.7 Å². The molecule has 0 heterocycles. The van der Waals surface area contributed by atoms with Crippen LogP contribution in [0.3, 0.4) is 0 Å². The highest BCUT2D eigenvalue weighted by Gasteiger charge is 2.11. The molecule has 1 aromatic rings. The van der Waals surface area contributed by atoms with Crippen molar-refractivity contribution in [2.75, 3.05) is 39.9 Å². The lowest BCUT2D eigenvalue weighted by atomic mass is 10.2. The van der Waals surface area contributed by atoms with Crippen molar-refractivity contribution in [3.05, 3.63) is 22.7 Å². The second-order valence-corrected chi connectivity index (χ2v) is 5.51. The van der Waals surface area contributed by atoms with Crippen molar-refractivity contribution in [2.24, 2.45) is 0 Å². The largest absolute Gasteiger partial charge is 0.493 e. The smallest absolute Gasteiger partial charge is 0.179 e. The van der Waals surface area contributed by atoms with Crippen molar-refractivity contribution >= 4 is 11.6 Å². The van der Waals surface area contributed by atoms with Gasteiger partial charge in [0.2, 0.25) is 0 Å². The highest BCUT2D eigenvalue weighted by molar-refractivity contribution is 6.32. The molecule has 22 heavy (non-hydrogen) atoms. The molecule has 0 aliphatic heterocycles. The molecule has 0 bridgehead atoms. The maximum Gasteiger partial charge on any atom is 0.179 e. The van der Waals surface area contributed by atoms with E-state index in [1.54, 1.807) is 7.11 Å². The lowest BCUT2D eigenvalue weighted by Gasteiger charge is -2.18. The Bertz CT molecular complexity index is 437. The molecule has 0 amide bonds. The monoisotopic (exact) mass is 328 g/mol. The number of nitrogens with one attached hydrogen (secondary N) is 1. The third kappa shape index (κ3) is 6.03. The van der Waals surface area contributed by atoms with E-state index in [9.17, 15) is 0 Å². The summed E-state index contributed by atoms with van der Waals surface area (Å²) in [7, 11) is 1.63. The minimum atomic E-state index is 0.568. The molecule has 5 heteroatoms. The van der Waals surface area contributed by atoms with Crippen molar-refractivity contribution < 1.29 is 9.47 Å². The van der Waals surface area contributed by atoms with Crippen molar-refractivity contribution in [3.8, 4) is 11.5 Å². The summed E-state index contributed by atoms with van der Waals surface area (Å²) in [5.74, 6) is 1.31. The van der Waals surface area contributed by atoms with Crippen LogP contribution in [0.15, 0.2) is 12.1 Å². The number of rotatable bonds is 11. The van der Waals surface area contributed by atoms with Crippen LogP contribution < -0.4 is 14.8 Å². The van der Waals surface area contributed by atoms with Gasteiger partial charge in [-0.1, -0.05) is 25.4 Å². The molecule has 0 aliphatic carbocycles. The second kappa shape index (κ2) is 10.7. The molecule has 0 saturated heterocycles. The number of hydrogen-bond acceptors (Lipinski definition) is 4. The fraction of sp³-hybridized carbons (Fsp3) is 0.647. The number of halogens is 1. The highest BCUT2D eigenvalue weighted by atomic mass is 35.5. The summed E-state index contributed by atoms with van der Waals surface area (Å²) in [6.07, 6.45) is 1.14. The first kappa shape index (κ1) is 19.1. The quantitative estimate of drug-likeness (QED) is 0.630. The lowest BCUT2D eigenvalue weighted by molar-refractivity contribution is 0.298. The van der Waals surface area contributed by atoms with Crippen LogP contribution in [-0.4, -0.2) is 44.8 Å². The number of ether oxygens (including phenoxy) is 2. The van der Waals surface area contributed by atoms with Crippen LogP contribution in [0, 0.1) is 0 Å². The van der Waals surface area contributed by atoms with Gasteiger partial charge in [0.05, 0.1) is 18.7 Å². The van der Waals surface area contributed by atoms with Crippen LogP contribution in [0.2, 0.25) is 5.02 Å². The highest BCUT2D eigenvalue weighted by Crippen LogP contribution is 2.36. The number of methoxy groups -OCH3 is 1. The van der Waals surface area contributed by atoms with E-state index in [1.807, 2.05) is 19.1 Å². The Hall–Kier alpha value is -0.970. The van der Waals surface area contributed by atoms with Gasteiger partial charge in [0, 0.05) is 6.54 Å². The van der Waals surface area contributed by atoms with Crippen molar-refractivity contribution in [1.29, 1.82) is 0 Å². The molecule has 0 atom stereocenters. The zero-order valence-electron chi connectivity index (χ0n) is 14.2. The molecular weight excluding hydrogens is 300 g/mol. The molecule has 0 saturated carbocycles. The Balaban J connectivity index is 2.48. The van der Waals surface area contributed by atoms with Crippen molar-refractivity contribution in [1.82, 2.24) is 10.2 Å². The fourth-order valence-corrected chi connectivity index (χ4v) is 2.65. The van der Waals surface area contributed by atoms with E-state index in [0.29, 0.717) is 23.1 Å². The SMILES string of the molecule is CCOc1c(Cl)cc(CNCCCN(CC)CC)cc1OC. The van der Waals surface area contributed by atoms with Gasteiger partial charge in [-0.05, 0) is 57.2 Å². The second-order valence-electron chi connectivity index (χ2n) is 5.10. The molecule has 1 rings (SSSR count). The Morgan fingerprint density at radius 1 is 1.18 bits per heavy atom. The van der Waals surface area contributed by atoms with Crippen molar-refractivity contribution in [2.45, 2.75) is 33.7 Å². The van der Waals surface area contributed by atoms with Crippen LogP contribution in [0.4, 0.5) is 0 Å². The summed E-state index contributed by atoms with van der Waals surface area (Å²) >= 11 is 6.27. The minimum Gasteiger partial charge on any atom is -0.493 e. The zero-order chi connectivity index (χ0) is 16.4. The van der Waals surface area contributed by atoms with Crippen LogP contribution in [0.1, 0.15) is 32.8 Å². The van der Waals surface area contributed by atoms with E-state index in [2.05, 4.69) is 24.1 Å². The lowest BCUT2D eigenvalue weighted by Crippen LogP contribution is -2.27. The Labute approximate surface area is 139 Å². The van der Waals surface area contributed by atoms with Gasteiger partial charge in [-0.3, -0.25) is 0 Å². The summed E-state index contributed by atoms with van der Waals surface area (Å²) < 4.78 is 10.9. The van der Waals surface area contributed by atoms with Gasteiger partial charge in [-0.25, -0.2) is 0 Å². The minimum absolute atomic E-state index is 0.568. The van der Waals surface area contributed by atoms with Crippen molar-refractivity contribution in [3.63, 3.8) is 0 Å². The van der Waals surface area contributed by atoms with E-state index in [-0.39, 0.29) is 0 Å². The first-order valence-corrected chi connectivity index (χ1v) is 8.46. The van der Waals surface area contributed by atoms with Gasteiger partial charge >= 0.3 is 0 Å². The Morgan fingerprint density at radius 3 is 2.50 bits per heavy atom. The number of hydrogen-bond donors (Lipinski definition) is 1. The first-order valence-electron chi connectivity index (χ1n) is 8.08. The summed E-state index contributed by atoms with van der Waals surface area (Å²) in [6.45, 7) is 12.0. The summed E-state index contributed by atoms with van der Waals surface area (Å²) in [6, 6.07) is 3.92. The maximum atomic E-state index is 6.27. The molecule has 0 spiro atoms. The molecule has 0 unspecified atom stereocenters. The molecule has 126 valence electrons. The van der Waals surface area contributed by atoms with E-state index < -0.39 is 0 Å². The molecular formula is C17H29ClN2O2. The van der Waals surface area contributed by atoms with Crippen LogP contribution >= 0.6 is 11.6 Å². The van der Waals surface area contributed by atoms with Gasteiger partial charge in [0.25, 0.3) is 0 Å². The zero-order valence-corrected chi connectivity index (χ0v) is 15.0. The molecule has 4 nitrogen and oxygen atoms in total. The number of benzene rings is 1. The topological polar surface area (TPSA) is 33.7 Å². The summed E-state index contributed by atoms with van der Waals surface area (Å²) in [4.78, 5) is 2.43. The molecule has 1 aromatic carbocycles. The summed E-state index contributed by atoms with van der Waals surface area (Å²) in [5, 5.41) is 4.05. The van der Waals surface area contributed by atoms with E-state index in [1.165, 1.54) is 0 Å². The predicted molar refractivity (Wildman–Crippen MR) is 93.3 cm³/mol. The molecule has 0 radical (unpaired) electrons. The normalized spacial score (nSPS) is 11.0. The Morgan fingerprint density at radius 2 is 1.91 bits per heavy atom. The molecule has 1 N–H and O–H groups in total. The first-order chi connectivity index (χ1) is 10.7. The molecule has 0 aliphatic rings.